The van der Waals surface area contributed by atoms with E-state index >= 15 is 0 Å². The molecular weight excluding hydrogens is 154 g/mol. The molecule has 0 radical (unpaired) electrons. The van der Waals surface area contributed by atoms with E-state index in [1.807, 2.05) is 7.05 Å². The average molecular weight is 169 g/mol. The Kier molecular flexibility index (Phi) is 2.87. The molecular formula is C9H15NO2. The van der Waals surface area contributed by atoms with Gasteiger partial charge in [-0.15, -0.1) is 6.58 Å². The van der Waals surface area contributed by atoms with Gasteiger partial charge in [0.2, 0.25) is 0 Å². The maximum absolute atomic E-state index is 10.8. The molecule has 0 amide bonds. The van der Waals surface area contributed by atoms with Crippen LogP contribution in [0.3, 0.4) is 0 Å². The monoisotopic (exact) mass is 169 g/mol. The Morgan fingerprint density at radius 1 is 1.75 bits per heavy atom. The highest BCUT2D eigenvalue weighted by Gasteiger charge is 2.34. The van der Waals surface area contributed by atoms with Crippen molar-refractivity contribution in [3.8, 4) is 0 Å². The van der Waals surface area contributed by atoms with Crippen molar-refractivity contribution in [2.45, 2.75) is 6.42 Å². The van der Waals surface area contributed by atoms with Crippen LogP contribution in [0.5, 0.6) is 0 Å². The fourth-order valence-corrected chi connectivity index (χ4v) is 1.82. The molecule has 0 unspecified atom stereocenters. The van der Waals surface area contributed by atoms with Gasteiger partial charge in [0.1, 0.15) is 0 Å². The Morgan fingerprint density at radius 3 is 2.92 bits per heavy atom. The lowest BCUT2D eigenvalue weighted by molar-refractivity contribution is -0.142. The smallest absolute Gasteiger partial charge is 0.308 e. The molecule has 1 N–H and O–H groups in total. The van der Waals surface area contributed by atoms with Crippen LogP contribution in [0.2, 0.25) is 0 Å². The Labute approximate surface area is 72.7 Å². The molecule has 1 fully saturated rings. The minimum atomic E-state index is -0.675. The minimum Gasteiger partial charge on any atom is -0.481 e. The van der Waals surface area contributed by atoms with Crippen LogP contribution in [-0.2, 0) is 4.79 Å². The van der Waals surface area contributed by atoms with Crippen LogP contribution in [0, 0.1) is 11.8 Å². The van der Waals surface area contributed by atoms with Gasteiger partial charge in [-0.3, -0.25) is 4.79 Å². The summed E-state index contributed by atoms with van der Waals surface area (Å²) in [5.74, 6) is -0.621. The van der Waals surface area contributed by atoms with Crippen molar-refractivity contribution in [1.82, 2.24) is 4.90 Å². The number of carbonyl (C=O) groups is 1. The number of carboxylic acid groups (broad SMARTS) is 1. The van der Waals surface area contributed by atoms with Crippen molar-refractivity contribution in [1.29, 1.82) is 0 Å². The Hall–Kier alpha value is -0.830. The molecule has 0 spiro atoms. The summed E-state index contributed by atoms with van der Waals surface area (Å²) in [5.41, 5.74) is 0. The highest BCUT2D eigenvalue weighted by molar-refractivity contribution is 5.71. The van der Waals surface area contributed by atoms with Gasteiger partial charge in [0.05, 0.1) is 5.92 Å². The topological polar surface area (TPSA) is 40.5 Å². The summed E-state index contributed by atoms with van der Waals surface area (Å²) in [6.45, 7) is 5.18. The first-order chi connectivity index (χ1) is 5.65. The lowest BCUT2D eigenvalue weighted by Gasteiger charge is -2.10. The van der Waals surface area contributed by atoms with E-state index in [9.17, 15) is 4.79 Å². The van der Waals surface area contributed by atoms with E-state index in [2.05, 4.69) is 11.5 Å². The number of hydrogen-bond acceptors (Lipinski definition) is 2. The molecule has 68 valence electrons. The zero-order valence-corrected chi connectivity index (χ0v) is 7.36. The maximum atomic E-state index is 10.8. The number of allylic oxidation sites excluding steroid dienone is 1. The second kappa shape index (κ2) is 3.72. The number of aliphatic carboxylic acids is 1. The molecule has 1 aliphatic rings. The molecule has 1 heterocycles. The number of rotatable bonds is 3. The highest BCUT2D eigenvalue weighted by atomic mass is 16.4. The normalized spacial score (nSPS) is 30.4. The van der Waals surface area contributed by atoms with Crippen LogP contribution in [0.4, 0.5) is 0 Å². The first-order valence-electron chi connectivity index (χ1n) is 4.17. The van der Waals surface area contributed by atoms with Crippen molar-refractivity contribution < 1.29 is 9.90 Å². The predicted molar refractivity (Wildman–Crippen MR) is 46.9 cm³/mol. The number of likely N-dealkylation sites (tertiary alicyclic amines) is 1. The van der Waals surface area contributed by atoms with Crippen molar-refractivity contribution in [3.63, 3.8) is 0 Å². The molecule has 3 heteroatoms. The van der Waals surface area contributed by atoms with Crippen molar-refractivity contribution in [2.75, 3.05) is 20.1 Å². The lowest BCUT2D eigenvalue weighted by atomic mass is 9.93. The summed E-state index contributed by atoms with van der Waals surface area (Å²) < 4.78 is 0. The zero-order chi connectivity index (χ0) is 9.14. The SMILES string of the molecule is C=CC[C@H]1CN(C)C[C@H]1C(=O)O. The van der Waals surface area contributed by atoms with Crippen LogP contribution in [0.1, 0.15) is 6.42 Å². The van der Waals surface area contributed by atoms with Crippen LogP contribution in [0.15, 0.2) is 12.7 Å². The molecule has 12 heavy (non-hydrogen) atoms. The summed E-state index contributed by atoms with van der Waals surface area (Å²) in [6.07, 6.45) is 2.61. The van der Waals surface area contributed by atoms with Gasteiger partial charge >= 0.3 is 5.97 Å². The average Bonchev–Trinajstić information content (AvgIpc) is 2.32. The third kappa shape index (κ3) is 1.85. The third-order valence-electron chi connectivity index (χ3n) is 2.41. The van der Waals surface area contributed by atoms with Crippen LogP contribution in [0.25, 0.3) is 0 Å². The molecule has 3 nitrogen and oxygen atoms in total. The zero-order valence-electron chi connectivity index (χ0n) is 7.36. The van der Waals surface area contributed by atoms with E-state index in [1.54, 1.807) is 6.08 Å². The summed E-state index contributed by atoms with van der Waals surface area (Å²) in [4.78, 5) is 12.8. The second-order valence-corrected chi connectivity index (χ2v) is 3.45. The van der Waals surface area contributed by atoms with Crippen LogP contribution < -0.4 is 0 Å². The summed E-state index contributed by atoms with van der Waals surface area (Å²) in [6, 6.07) is 0. The van der Waals surface area contributed by atoms with E-state index in [-0.39, 0.29) is 11.8 Å². The van der Waals surface area contributed by atoms with Gasteiger partial charge in [-0.05, 0) is 19.4 Å². The largest absolute Gasteiger partial charge is 0.481 e. The van der Waals surface area contributed by atoms with Gasteiger partial charge in [-0.25, -0.2) is 0 Å². The van der Waals surface area contributed by atoms with Gasteiger partial charge in [-0.2, -0.15) is 0 Å². The van der Waals surface area contributed by atoms with Gasteiger partial charge in [0.15, 0.2) is 0 Å². The van der Waals surface area contributed by atoms with Crippen LogP contribution >= 0.6 is 0 Å². The highest BCUT2D eigenvalue weighted by Crippen LogP contribution is 2.25. The minimum absolute atomic E-state index is 0.201. The Balaban J connectivity index is 2.58. The summed E-state index contributed by atoms with van der Waals surface area (Å²) in [5, 5.41) is 8.87. The molecule has 1 rings (SSSR count). The van der Waals surface area contributed by atoms with Crippen molar-refractivity contribution >= 4 is 5.97 Å². The van der Waals surface area contributed by atoms with Crippen LogP contribution in [-0.4, -0.2) is 36.1 Å². The van der Waals surface area contributed by atoms with Gasteiger partial charge in [0.25, 0.3) is 0 Å². The number of carboxylic acids is 1. The summed E-state index contributed by atoms with van der Waals surface area (Å²) in [7, 11) is 1.96. The molecule has 0 aliphatic carbocycles. The molecule has 0 saturated carbocycles. The Morgan fingerprint density at radius 2 is 2.42 bits per heavy atom. The van der Waals surface area contributed by atoms with E-state index in [0.717, 1.165) is 13.0 Å². The predicted octanol–water partition coefficient (Wildman–Crippen LogP) is 0.825. The molecule has 0 aromatic carbocycles. The fourth-order valence-electron chi connectivity index (χ4n) is 1.82. The van der Waals surface area contributed by atoms with E-state index in [1.165, 1.54) is 0 Å². The van der Waals surface area contributed by atoms with E-state index in [4.69, 9.17) is 5.11 Å². The molecule has 0 aromatic heterocycles. The van der Waals surface area contributed by atoms with Gasteiger partial charge in [0, 0.05) is 13.1 Å². The Bertz CT molecular complexity index is 191. The second-order valence-electron chi connectivity index (χ2n) is 3.45. The number of hydrogen-bond donors (Lipinski definition) is 1. The number of nitrogens with zero attached hydrogens (tertiary/aromatic N) is 1. The molecule has 1 aliphatic heterocycles. The molecule has 2 atom stereocenters. The molecule has 0 bridgehead atoms. The van der Waals surface area contributed by atoms with E-state index in [0.29, 0.717) is 6.54 Å². The maximum Gasteiger partial charge on any atom is 0.308 e. The summed E-state index contributed by atoms with van der Waals surface area (Å²) >= 11 is 0. The standard InChI is InChI=1S/C9H15NO2/c1-3-4-7-5-10(2)6-8(7)9(11)12/h3,7-8H,1,4-6H2,2H3,(H,11,12)/t7-,8+/m0/s1. The van der Waals surface area contributed by atoms with Crippen molar-refractivity contribution in [2.24, 2.45) is 11.8 Å². The quantitative estimate of drug-likeness (QED) is 0.636. The van der Waals surface area contributed by atoms with Gasteiger partial charge in [-0.1, -0.05) is 6.08 Å². The van der Waals surface area contributed by atoms with Crippen molar-refractivity contribution in [3.05, 3.63) is 12.7 Å². The fraction of sp³-hybridized carbons (Fsp3) is 0.667. The first-order valence-corrected chi connectivity index (χ1v) is 4.17. The third-order valence-corrected chi connectivity index (χ3v) is 2.41. The molecule has 0 aromatic rings. The first kappa shape index (κ1) is 9.26. The van der Waals surface area contributed by atoms with E-state index < -0.39 is 5.97 Å². The lowest BCUT2D eigenvalue weighted by Crippen LogP contribution is -2.22. The molecule has 1 saturated heterocycles. The van der Waals surface area contributed by atoms with Gasteiger partial charge < -0.3 is 10.0 Å².